The maximum absolute atomic E-state index is 11.8. The summed E-state index contributed by atoms with van der Waals surface area (Å²) >= 11 is 1.84. The van der Waals surface area contributed by atoms with E-state index < -0.39 is 0 Å². The van der Waals surface area contributed by atoms with E-state index in [2.05, 4.69) is 27.1 Å². The van der Waals surface area contributed by atoms with Crippen LogP contribution in [0, 0.1) is 0 Å². The first-order valence-corrected chi connectivity index (χ1v) is 8.23. The second-order valence-corrected chi connectivity index (χ2v) is 6.18. The predicted molar refractivity (Wildman–Crippen MR) is 85.9 cm³/mol. The Labute approximate surface area is 128 Å². The molecular weight excluding hydrogens is 282 g/mol. The topological polar surface area (TPSA) is 54.0 Å². The van der Waals surface area contributed by atoms with Gasteiger partial charge in [0.1, 0.15) is 5.69 Å². The number of carbonyl (C=O) groups is 1. The van der Waals surface area contributed by atoms with Crippen molar-refractivity contribution in [1.82, 2.24) is 10.3 Å². The maximum Gasteiger partial charge on any atom is 0.269 e. The van der Waals surface area contributed by atoms with Crippen molar-refractivity contribution in [3.63, 3.8) is 0 Å². The summed E-state index contributed by atoms with van der Waals surface area (Å²) in [7, 11) is 0. The normalized spacial score (nSPS) is 17.1. The van der Waals surface area contributed by atoms with Crippen molar-refractivity contribution in [2.75, 3.05) is 11.9 Å². The van der Waals surface area contributed by atoms with Gasteiger partial charge in [-0.3, -0.25) is 9.78 Å². The highest BCUT2D eigenvalue weighted by molar-refractivity contribution is 7.10. The minimum atomic E-state index is -0.124. The molecule has 5 heteroatoms. The molecule has 1 amide bonds. The van der Waals surface area contributed by atoms with E-state index in [0.29, 0.717) is 18.3 Å². The molecule has 21 heavy (non-hydrogen) atoms. The third-order valence-corrected chi connectivity index (χ3v) is 4.72. The summed E-state index contributed by atoms with van der Waals surface area (Å²) in [6.45, 7) is 2.51. The van der Waals surface area contributed by atoms with Crippen LogP contribution in [0.15, 0.2) is 29.8 Å². The molecule has 0 bridgehead atoms. The second-order valence-electron chi connectivity index (χ2n) is 5.18. The van der Waals surface area contributed by atoms with Gasteiger partial charge in [0.2, 0.25) is 0 Å². The largest absolute Gasteiger partial charge is 0.378 e. The Bertz CT molecular complexity index is 638. The van der Waals surface area contributed by atoms with E-state index in [1.807, 2.05) is 30.4 Å². The van der Waals surface area contributed by atoms with Crippen molar-refractivity contribution in [3.8, 4) is 0 Å². The third kappa shape index (κ3) is 3.08. The van der Waals surface area contributed by atoms with Gasteiger partial charge in [-0.25, -0.2) is 0 Å². The molecule has 4 nitrogen and oxygen atoms in total. The van der Waals surface area contributed by atoms with Crippen LogP contribution >= 0.6 is 11.3 Å². The molecule has 0 spiro atoms. The number of nitrogens with zero attached hydrogens (tertiary/aromatic N) is 1. The summed E-state index contributed by atoms with van der Waals surface area (Å²) in [4.78, 5) is 17.5. The molecule has 1 unspecified atom stereocenters. The van der Waals surface area contributed by atoms with E-state index in [9.17, 15) is 4.79 Å². The van der Waals surface area contributed by atoms with Gasteiger partial charge in [0, 0.05) is 23.3 Å². The van der Waals surface area contributed by atoms with Gasteiger partial charge >= 0.3 is 0 Å². The molecular formula is C16H19N3OS. The highest BCUT2D eigenvalue weighted by Crippen LogP contribution is 2.35. The number of fused-ring (bicyclic) bond motifs is 1. The van der Waals surface area contributed by atoms with Crippen molar-refractivity contribution in [2.45, 2.75) is 32.2 Å². The lowest BCUT2D eigenvalue weighted by atomic mass is 9.94. The number of rotatable bonds is 4. The Hall–Kier alpha value is -1.88. The second kappa shape index (κ2) is 6.26. The number of pyridine rings is 1. The number of hydrogen-bond donors (Lipinski definition) is 2. The first-order chi connectivity index (χ1) is 10.3. The van der Waals surface area contributed by atoms with Gasteiger partial charge in [-0.05, 0) is 55.3 Å². The predicted octanol–water partition coefficient (Wildman–Crippen LogP) is 3.38. The van der Waals surface area contributed by atoms with Crippen molar-refractivity contribution in [1.29, 1.82) is 0 Å². The molecule has 2 heterocycles. The number of carbonyl (C=O) groups excluding carboxylic acids is 1. The molecule has 0 aromatic carbocycles. The molecule has 2 aromatic rings. The molecule has 1 atom stereocenters. The number of anilines is 1. The van der Waals surface area contributed by atoms with Gasteiger partial charge in [0.15, 0.2) is 0 Å². The molecule has 0 saturated carbocycles. The molecule has 1 aliphatic carbocycles. The maximum atomic E-state index is 11.8. The van der Waals surface area contributed by atoms with Gasteiger partial charge < -0.3 is 10.6 Å². The van der Waals surface area contributed by atoms with Gasteiger partial charge in [0.25, 0.3) is 5.91 Å². The fraction of sp³-hybridized carbons (Fsp3) is 0.375. The fourth-order valence-corrected chi connectivity index (χ4v) is 3.72. The van der Waals surface area contributed by atoms with Crippen molar-refractivity contribution in [3.05, 3.63) is 45.9 Å². The van der Waals surface area contributed by atoms with E-state index in [1.54, 1.807) is 6.20 Å². The van der Waals surface area contributed by atoms with E-state index in [-0.39, 0.29) is 5.91 Å². The molecule has 0 fully saturated rings. The summed E-state index contributed by atoms with van der Waals surface area (Å²) in [6.07, 6.45) is 5.21. The Balaban J connectivity index is 1.77. The third-order valence-electron chi connectivity index (χ3n) is 3.72. The van der Waals surface area contributed by atoms with E-state index in [0.717, 1.165) is 12.1 Å². The summed E-state index contributed by atoms with van der Waals surface area (Å²) in [6, 6.07) is 6.29. The first-order valence-electron chi connectivity index (χ1n) is 7.35. The molecule has 110 valence electrons. The minimum absolute atomic E-state index is 0.124. The average Bonchev–Trinajstić information content (AvgIpc) is 2.97. The first kappa shape index (κ1) is 14.1. The van der Waals surface area contributed by atoms with Crippen LogP contribution in [0.3, 0.4) is 0 Å². The van der Waals surface area contributed by atoms with E-state index >= 15 is 0 Å². The molecule has 3 rings (SSSR count). The number of aryl methyl sites for hydroxylation is 1. The Morgan fingerprint density at radius 2 is 2.38 bits per heavy atom. The number of amides is 1. The molecule has 0 aliphatic heterocycles. The van der Waals surface area contributed by atoms with Crippen LogP contribution in [0.5, 0.6) is 0 Å². The van der Waals surface area contributed by atoms with Gasteiger partial charge in [0.05, 0.1) is 6.04 Å². The summed E-state index contributed by atoms with van der Waals surface area (Å²) in [5, 5.41) is 8.49. The Morgan fingerprint density at radius 1 is 1.48 bits per heavy atom. The highest BCUT2D eigenvalue weighted by atomic mass is 32.1. The smallest absolute Gasteiger partial charge is 0.269 e. The van der Waals surface area contributed by atoms with Gasteiger partial charge in [-0.1, -0.05) is 0 Å². The SMILES string of the molecule is CCNC(=O)c1cc(NC2CCCc3sccc32)ccn1. The molecule has 2 aromatic heterocycles. The zero-order valence-corrected chi connectivity index (χ0v) is 12.9. The van der Waals surface area contributed by atoms with Crippen molar-refractivity contribution in [2.24, 2.45) is 0 Å². The lowest BCUT2D eigenvalue weighted by Crippen LogP contribution is -2.24. The van der Waals surface area contributed by atoms with Gasteiger partial charge in [-0.15, -0.1) is 11.3 Å². The number of nitrogens with one attached hydrogen (secondary N) is 2. The zero-order chi connectivity index (χ0) is 14.7. The van der Waals surface area contributed by atoms with Crippen LogP contribution in [-0.2, 0) is 6.42 Å². The summed E-state index contributed by atoms with van der Waals surface area (Å²) in [5.41, 5.74) is 2.82. The van der Waals surface area contributed by atoms with E-state index in [4.69, 9.17) is 0 Å². The van der Waals surface area contributed by atoms with Crippen molar-refractivity contribution < 1.29 is 4.79 Å². The Kier molecular flexibility index (Phi) is 4.20. The zero-order valence-electron chi connectivity index (χ0n) is 12.1. The average molecular weight is 301 g/mol. The molecule has 0 saturated heterocycles. The molecule has 2 N–H and O–H groups in total. The van der Waals surface area contributed by atoms with Crippen LogP contribution in [0.2, 0.25) is 0 Å². The summed E-state index contributed by atoms with van der Waals surface area (Å²) < 4.78 is 0. The fourth-order valence-electron chi connectivity index (χ4n) is 2.73. The number of aromatic nitrogens is 1. The monoisotopic (exact) mass is 301 g/mol. The Morgan fingerprint density at radius 3 is 3.24 bits per heavy atom. The van der Waals surface area contributed by atoms with Crippen LogP contribution in [0.25, 0.3) is 0 Å². The van der Waals surface area contributed by atoms with Crippen LogP contribution < -0.4 is 10.6 Å². The minimum Gasteiger partial charge on any atom is -0.378 e. The summed E-state index contributed by atoms with van der Waals surface area (Å²) in [5.74, 6) is -0.124. The molecule has 1 aliphatic rings. The van der Waals surface area contributed by atoms with Crippen molar-refractivity contribution >= 4 is 22.9 Å². The lowest BCUT2D eigenvalue weighted by molar-refractivity contribution is 0.0951. The number of thiophene rings is 1. The van der Waals surface area contributed by atoms with Crippen LogP contribution in [-0.4, -0.2) is 17.4 Å². The van der Waals surface area contributed by atoms with E-state index in [1.165, 1.54) is 23.3 Å². The van der Waals surface area contributed by atoms with Gasteiger partial charge in [-0.2, -0.15) is 0 Å². The number of hydrogen-bond acceptors (Lipinski definition) is 4. The van der Waals surface area contributed by atoms with Crippen LogP contribution in [0.4, 0.5) is 5.69 Å². The quantitative estimate of drug-likeness (QED) is 0.910. The molecule has 0 radical (unpaired) electrons. The lowest BCUT2D eigenvalue weighted by Gasteiger charge is -2.24. The van der Waals surface area contributed by atoms with Crippen LogP contribution in [0.1, 0.15) is 46.7 Å². The highest BCUT2D eigenvalue weighted by Gasteiger charge is 2.21. The standard InChI is InChI=1S/C16H19N3OS/c1-2-17-16(20)14-10-11(6-8-18-14)19-13-4-3-5-15-12(13)7-9-21-15/h6-10,13H,2-5H2,1H3,(H,17,20)(H,18,19).